The lowest BCUT2D eigenvalue weighted by Gasteiger charge is -2.15. The zero-order valence-corrected chi connectivity index (χ0v) is 11.9. The Kier molecular flexibility index (Phi) is 5.12. The van der Waals surface area contributed by atoms with Crippen LogP contribution in [-0.4, -0.2) is 43.4 Å². The fourth-order valence-electron chi connectivity index (χ4n) is 1.72. The summed E-state index contributed by atoms with van der Waals surface area (Å²) in [5, 5.41) is 3.86. The van der Waals surface area contributed by atoms with Crippen molar-refractivity contribution in [2.75, 3.05) is 25.6 Å². The van der Waals surface area contributed by atoms with Crippen molar-refractivity contribution in [1.29, 1.82) is 0 Å². The molecule has 0 aromatic carbocycles. The van der Waals surface area contributed by atoms with Crippen LogP contribution >= 0.6 is 11.3 Å². The third-order valence-electron chi connectivity index (χ3n) is 2.84. The third kappa shape index (κ3) is 4.15. The van der Waals surface area contributed by atoms with E-state index in [1.807, 2.05) is 0 Å². The highest BCUT2D eigenvalue weighted by molar-refractivity contribution is 7.17. The molecule has 0 radical (unpaired) electrons. The Balaban J connectivity index is 1.74. The van der Waals surface area contributed by atoms with E-state index < -0.39 is 6.10 Å². The molecule has 7 heteroatoms. The van der Waals surface area contributed by atoms with Crippen molar-refractivity contribution in [3.8, 4) is 5.06 Å². The Hall–Kier alpha value is -1.18. The molecule has 2 unspecified atom stereocenters. The van der Waals surface area contributed by atoms with Crippen molar-refractivity contribution >= 4 is 22.4 Å². The minimum atomic E-state index is -0.529. The molecule has 19 heavy (non-hydrogen) atoms. The Morgan fingerprint density at radius 1 is 1.74 bits per heavy atom. The number of carbonyl (C=O) groups is 1. The molecule has 106 valence electrons. The molecule has 2 heterocycles. The molecule has 1 aliphatic rings. The van der Waals surface area contributed by atoms with Crippen molar-refractivity contribution in [3.63, 3.8) is 0 Å². The van der Waals surface area contributed by atoms with Gasteiger partial charge in [-0.2, -0.15) is 0 Å². The van der Waals surface area contributed by atoms with E-state index in [1.54, 1.807) is 20.2 Å². The first-order chi connectivity index (χ1) is 9.19. The van der Waals surface area contributed by atoms with Gasteiger partial charge in [-0.25, -0.2) is 4.98 Å². The van der Waals surface area contributed by atoms with Gasteiger partial charge in [-0.05, 0) is 19.8 Å². The molecule has 1 aromatic heterocycles. The van der Waals surface area contributed by atoms with Gasteiger partial charge in [-0.1, -0.05) is 11.3 Å². The number of thiazole rings is 1. The number of nitrogens with zero attached hydrogens (tertiary/aromatic N) is 1. The summed E-state index contributed by atoms with van der Waals surface area (Å²) in [5.74, 6) is -0.213. The lowest BCUT2D eigenvalue weighted by molar-refractivity contribution is -0.128. The van der Waals surface area contributed by atoms with E-state index in [4.69, 9.17) is 14.2 Å². The number of carbonyl (C=O) groups excluding carboxylic acids is 1. The lowest BCUT2D eigenvalue weighted by atomic mass is 10.2. The van der Waals surface area contributed by atoms with Gasteiger partial charge in [0.2, 0.25) is 0 Å². The molecular weight excluding hydrogens is 268 g/mol. The molecule has 0 bridgehead atoms. The molecule has 6 nitrogen and oxygen atoms in total. The maximum Gasteiger partial charge on any atom is 0.254 e. The van der Waals surface area contributed by atoms with Gasteiger partial charge in [0.25, 0.3) is 5.91 Å². The Morgan fingerprint density at radius 3 is 3.21 bits per heavy atom. The van der Waals surface area contributed by atoms with Crippen LogP contribution in [0, 0.1) is 0 Å². The summed E-state index contributed by atoms with van der Waals surface area (Å²) < 4.78 is 15.9. The number of hydrogen-bond donors (Lipinski definition) is 1. The maximum absolute atomic E-state index is 11.9. The van der Waals surface area contributed by atoms with E-state index in [0.717, 1.165) is 19.4 Å². The third-order valence-corrected chi connectivity index (χ3v) is 3.72. The SMILES string of the molecule is COc1cnc(NC(=O)C(C)OCC2CCCO2)s1. The summed E-state index contributed by atoms with van der Waals surface area (Å²) in [6.07, 6.45) is 3.22. The predicted molar refractivity (Wildman–Crippen MR) is 71.7 cm³/mol. The molecule has 0 saturated carbocycles. The molecule has 2 rings (SSSR count). The molecule has 1 saturated heterocycles. The van der Waals surface area contributed by atoms with Gasteiger partial charge >= 0.3 is 0 Å². The van der Waals surface area contributed by atoms with Crippen LogP contribution in [0.25, 0.3) is 0 Å². The predicted octanol–water partition coefficient (Wildman–Crippen LogP) is 1.67. The number of hydrogen-bond acceptors (Lipinski definition) is 6. The normalized spacial score (nSPS) is 20.2. The van der Waals surface area contributed by atoms with Crippen LogP contribution < -0.4 is 10.1 Å². The van der Waals surface area contributed by atoms with Crippen LogP contribution in [0.1, 0.15) is 19.8 Å². The second-order valence-electron chi connectivity index (χ2n) is 4.29. The molecule has 1 aliphatic heterocycles. The number of anilines is 1. The number of ether oxygens (including phenoxy) is 3. The second-order valence-corrected chi connectivity index (χ2v) is 5.28. The van der Waals surface area contributed by atoms with Crippen molar-refractivity contribution in [3.05, 3.63) is 6.20 Å². The molecule has 0 aliphatic carbocycles. The zero-order valence-electron chi connectivity index (χ0n) is 11.0. The number of methoxy groups -OCH3 is 1. The van der Waals surface area contributed by atoms with Crippen LogP contribution in [0.5, 0.6) is 5.06 Å². The Bertz CT molecular complexity index is 418. The van der Waals surface area contributed by atoms with Gasteiger partial charge in [0.1, 0.15) is 6.10 Å². The van der Waals surface area contributed by atoms with Gasteiger partial charge in [0.15, 0.2) is 10.2 Å². The van der Waals surface area contributed by atoms with Gasteiger partial charge in [0.05, 0.1) is 26.0 Å². The minimum absolute atomic E-state index is 0.121. The van der Waals surface area contributed by atoms with Crippen LogP contribution in [0.2, 0.25) is 0 Å². The summed E-state index contributed by atoms with van der Waals surface area (Å²) in [6, 6.07) is 0. The molecule has 1 aromatic rings. The van der Waals surface area contributed by atoms with Crippen molar-refractivity contribution < 1.29 is 19.0 Å². The number of amides is 1. The monoisotopic (exact) mass is 286 g/mol. The smallest absolute Gasteiger partial charge is 0.254 e. The van der Waals surface area contributed by atoms with Crippen LogP contribution in [0.4, 0.5) is 5.13 Å². The highest BCUT2D eigenvalue weighted by Gasteiger charge is 2.20. The Labute approximate surface area is 116 Å². The van der Waals surface area contributed by atoms with Crippen molar-refractivity contribution in [1.82, 2.24) is 4.98 Å². The van der Waals surface area contributed by atoms with Gasteiger partial charge < -0.3 is 14.2 Å². The molecule has 1 N–H and O–H groups in total. The lowest BCUT2D eigenvalue weighted by Crippen LogP contribution is -2.30. The standard InChI is InChI=1S/C12H18N2O4S/c1-8(18-7-9-4-3-5-17-9)11(15)14-12-13-6-10(16-2)19-12/h6,8-9H,3-5,7H2,1-2H3,(H,13,14,15). The average Bonchev–Trinajstić information content (AvgIpc) is 3.06. The minimum Gasteiger partial charge on any atom is -0.486 e. The fourth-order valence-corrected chi connectivity index (χ4v) is 2.36. The second kappa shape index (κ2) is 6.83. The quantitative estimate of drug-likeness (QED) is 0.861. The highest BCUT2D eigenvalue weighted by Crippen LogP contribution is 2.25. The van der Waals surface area contributed by atoms with E-state index in [1.165, 1.54) is 11.3 Å². The van der Waals surface area contributed by atoms with E-state index >= 15 is 0 Å². The molecule has 0 spiro atoms. The number of nitrogens with one attached hydrogen (secondary N) is 1. The fraction of sp³-hybridized carbons (Fsp3) is 0.667. The van der Waals surface area contributed by atoms with Crippen LogP contribution in [0.3, 0.4) is 0 Å². The number of aromatic nitrogens is 1. The van der Waals surface area contributed by atoms with Crippen molar-refractivity contribution in [2.24, 2.45) is 0 Å². The first-order valence-corrected chi connectivity index (χ1v) is 7.04. The topological polar surface area (TPSA) is 69.7 Å². The van der Waals surface area contributed by atoms with E-state index in [9.17, 15) is 4.79 Å². The first-order valence-electron chi connectivity index (χ1n) is 6.23. The molecule has 1 fully saturated rings. The maximum atomic E-state index is 11.9. The molecule has 1 amide bonds. The van der Waals surface area contributed by atoms with Crippen LogP contribution in [-0.2, 0) is 14.3 Å². The van der Waals surface area contributed by atoms with E-state index in [2.05, 4.69) is 10.3 Å². The van der Waals surface area contributed by atoms with Gasteiger partial charge in [-0.15, -0.1) is 0 Å². The summed E-state index contributed by atoms with van der Waals surface area (Å²) in [5.41, 5.74) is 0. The number of rotatable bonds is 6. The Morgan fingerprint density at radius 2 is 2.58 bits per heavy atom. The van der Waals surface area contributed by atoms with Crippen LogP contribution in [0.15, 0.2) is 6.20 Å². The largest absolute Gasteiger partial charge is 0.486 e. The van der Waals surface area contributed by atoms with E-state index in [0.29, 0.717) is 16.8 Å². The summed E-state index contributed by atoms with van der Waals surface area (Å²) >= 11 is 1.28. The summed E-state index contributed by atoms with van der Waals surface area (Å²) in [4.78, 5) is 15.9. The summed E-state index contributed by atoms with van der Waals surface area (Å²) in [6.45, 7) is 2.96. The molecule has 2 atom stereocenters. The zero-order chi connectivity index (χ0) is 13.7. The van der Waals surface area contributed by atoms with E-state index in [-0.39, 0.29) is 12.0 Å². The molecular formula is C12H18N2O4S. The summed E-state index contributed by atoms with van der Waals surface area (Å²) in [7, 11) is 1.56. The van der Waals surface area contributed by atoms with Crippen molar-refractivity contribution in [2.45, 2.75) is 32.0 Å². The average molecular weight is 286 g/mol. The first kappa shape index (κ1) is 14.2. The highest BCUT2D eigenvalue weighted by atomic mass is 32.1. The van der Waals surface area contributed by atoms with Gasteiger partial charge in [-0.3, -0.25) is 10.1 Å². The van der Waals surface area contributed by atoms with Gasteiger partial charge in [0, 0.05) is 6.61 Å².